The van der Waals surface area contributed by atoms with Crippen molar-refractivity contribution in [2.24, 2.45) is 0 Å². The molecule has 1 aliphatic carbocycles. The molecule has 1 saturated carbocycles. The van der Waals surface area contributed by atoms with E-state index >= 15 is 0 Å². The Morgan fingerprint density at radius 1 is 1.00 bits per heavy atom. The average molecular weight is 255 g/mol. The molecule has 0 amide bonds. The number of hydrogen-bond acceptors (Lipinski definition) is 3. The van der Waals surface area contributed by atoms with Crippen molar-refractivity contribution in [1.82, 2.24) is 4.90 Å². The lowest BCUT2D eigenvalue weighted by Gasteiger charge is -2.39. The topological polar surface area (TPSA) is 30.3 Å². The molecule has 0 atom stereocenters. The fraction of sp³-hybridized carbons (Fsp3) is 0.562. The molecule has 0 radical (unpaired) electrons. The fourth-order valence-corrected chi connectivity index (χ4v) is 3.44. The van der Waals surface area contributed by atoms with E-state index in [2.05, 4.69) is 21.9 Å². The summed E-state index contributed by atoms with van der Waals surface area (Å²) in [6.07, 6.45) is 5.58. The third-order valence-corrected chi connectivity index (χ3v) is 4.52. The lowest BCUT2D eigenvalue weighted by molar-refractivity contribution is 0.187. The normalized spacial score (nSPS) is 21.5. The van der Waals surface area contributed by atoms with Crippen molar-refractivity contribution in [2.75, 3.05) is 31.1 Å². The first-order chi connectivity index (χ1) is 9.38. The number of rotatable bonds is 2. The van der Waals surface area contributed by atoms with Crippen molar-refractivity contribution >= 4 is 5.69 Å². The molecule has 1 aromatic rings. The molecule has 19 heavy (non-hydrogen) atoms. The maximum Gasteiger partial charge on any atom is 0.101 e. The second-order valence-corrected chi connectivity index (χ2v) is 5.59. The number of nitriles is 1. The predicted molar refractivity (Wildman–Crippen MR) is 77.2 cm³/mol. The van der Waals surface area contributed by atoms with E-state index in [1.807, 2.05) is 18.2 Å². The minimum Gasteiger partial charge on any atom is -0.368 e. The smallest absolute Gasteiger partial charge is 0.101 e. The van der Waals surface area contributed by atoms with Gasteiger partial charge in [0.15, 0.2) is 0 Å². The first kappa shape index (κ1) is 12.5. The van der Waals surface area contributed by atoms with Gasteiger partial charge >= 0.3 is 0 Å². The summed E-state index contributed by atoms with van der Waals surface area (Å²) in [6.45, 7) is 4.39. The van der Waals surface area contributed by atoms with Gasteiger partial charge in [0.25, 0.3) is 0 Å². The van der Waals surface area contributed by atoms with Crippen LogP contribution in [0.1, 0.15) is 31.2 Å². The Morgan fingerprint density at radius 2 is 1.68 bits per heavy atom. The lowest BCUT2D eigenvalue weighted by Crippen LogP contribution is -2.49. The molecular weight excluding hydrogens is 234 g/mol. The highest BCUT2D eigenvalue weighted by atomic mass is 15.3. The molecule has 1 aliphatic heterocycles. The van der Waals surface area contributed by atoms with Crippen molar-refractivity contribution < 1.29 is 0 Å². The zero-order chi connectivity index (χ0) is 13.1. The van der Waals surface area contributed by atoms with Gasteiger partial charge in [-0.15, -0.1) is 0 Å². The first-order valence-electron chi connectivity index (χ1n) is 7.36. The van der Waals surface area contributed by atoms with Crippen molar-refractivity contribution in [2.45, 2.75) is 31.7 Å². The first-order valence-corrected chi connectivity index (χ1v) is 7.36. The molecule has 0 spiro atoms. The summed E-state index contributed by atoms with van der Waals surface area (Å²) in [7, 11) is 0. The van der Waals surface area contributed by atoms with Gasteiger partial charge in [-0.1, -0.05) is 25.0 Å². The minimum atomic E-state index is 0.803. The number of hydrogen-bond donors (Lipinski definition) is 0. The number of anilines is 1. The molecule has 0 N–H and O–H groups in total. The quantitative estimate of drug-likeness (QED) is 0.814. The summed E-state index contributed by atoms with van der Waals surface area (Å²) in [5, 5.41) is 9.19. The van der Waals surface area contributed by atoms with Crippen LogP contribution in [0.25, 0.3) is 0 Å². The Bertz CT molecular complexity index is 463. The van der Waals surface area contributed by atoms with Crippen LogP contribution in [-0.2, 0) is 0 Å². The molecule has 1 aromatic carbocycles. The summed E-state index contributed by atoms with van der Waals surface area (Å²) in [4.78, 5) is 5.02. The molecule has 3 rings (SSSR count). The zero-order valence-corrected chi connectivity index (χ0v) is 11.4. The van der Waals surface area contributed by atoms with Crippen LogP contribution in [0.3, 0.4) is 0 Å². The highest BCUT2D eigenvalue weighted by Gasteiger charge is 2.26. The maximum absolute atomic E-state index is 9.19. The molecule has 0 bridgehead atoms. The second-order valence-electron chi connectivity index (χ2n) is 5.59. The van der Waals surface area contributed by atoms with Crippen LogP contribution in [0.2, 0.25) is 0 Å². The van der Waals surface area contributed by atoms with Crippen LogP contribution in [-0.4, -0.2) is 37.1 Å². The lowest BCUT2D eigenvalue weighted by atomic mass is 10.1. The summed E-state index contributed by atoms with van der Waals surface area (Å²) >= 11 is 0. The minimum absolute atomic E-state index is 0.803. The third-order valence-electron chi connectivity index (χ3n) is 4.52. The van der Waals surface area contributed by atoms with Crippen LogP contribution >= 0.6 is 0 Å². The summed E-state index contributed by atoms with van der Waals surface area (Å²) in [5.41, 5.74) is 1.91. The van der Waals surface area contributed by atoms with Gasteiger partial charge < -0.3 is 4.90 Å². The van der Waals surface area contributed by atoms with E-state index in [4.69, 9.17) is 0 Å². The van der Waals surface area contributed by atoms with Gasteiger partial charge in [0.05, 0.1) is 11.3 Å². The SMILES string of the molecule is N#Cc1ccccc1N1CCN(C2CCCC2)CC1. The summed E-state index contributed by atoms with van der Waals surface area (Å²) in [5.74, 6) is 0. The average Bonchev–Trinajstić information content (AvgIpc) is 3.02. The fourth-order valence-electron chi connectivity index (χ4n) is 3.44. The number of piperazine rings is 1. The van der Waals surface area contributed by atoms with Crippen LogP contribution < -0.4 is 4.90 Å². The second kappa shape index (κ2) is 5.63. The standard InChI is InChI=1S/C16H21N3/c17-13-14-5-1-4-8-16(14)19-11-9-18(10-12-19)15-6-2-3-7-15/h1,4-5,8,15H,2-3,6-7,9-12H2. The van der Waals surface area contributed by atoms with E-state index in [0.29, 0.717) is 0 Å². The molecule has 100 valence electrons. The van der Waals surface area contributed by atoms with E-state index in [0.717, 1.165) is 43.5 Å². The van der Waals surface area contributed by atoms with Gasteiger partial charge in [-0.25, -0.2) is 0 Å². The van der Waals surface area contributed by atoms with E-state index in [-0.39, 0.29) is 0 Å². The molecule has 1 saturated heterocycles. The van der Waals surface area contributed by atoms with Crippen LogP contribution in [0, 0.1) is 11.3 Å². The summed E-state index contributed by atoms with van der Waals surface area (Å²) in [6, 6.07) is 11.1. The van der Waals surface area contributed by atoms with Gasteiger partial charge in [-0.2, -0.15) is 5.26 Å². The van der Waals surface area contributed by atoms with Crippen LogP contribution in [0.15, 0.2) is 24.3 Å². The molecule has 0 unspecified atom stereocenters. The van der Waals surface area contributed by atoms with Crippen LogP contribution in [0.4, 0.5) is 5.69 Å². The van der Waals surface area contributed by atoms with Crippen molar-refractivity contribution in [1.29, 1.82) is 5.26 Å². The van der Waals surface area contributed by atoms with Crippen molar-refractivity contribution in [3.8, 4) is 6.07 Å². The number of benzene rings is 1. The monoisotopic (exact) mass is 255 g/mol. The Kier molecular flexibility index (Phi) is 3.70. The zero-order valence-electron chi connectivity index (χ0n) is 11.4. The molecular formula is C16H21N3. The highest BCUT2D eigenvalue weighted by molar-refractivity contribution is 5.59. The molecule has 3 nitrogen and oxygen atoms in total. The molecule has 0 aromatic heterocycles. The van der Waals surface area contributed by atoms with Gasteiger partial charge in [0.2, 0.25) is 0 Å². The van der Waals surface area contributed by atoms with E-state index in [1.54, 1.807) is 0 Å². The van der Waals surface area contributed by atoms with Crippen molar-refractivity contribution in [3.05, 3.63) is 29.8 Å². The van der Waals surface area contributed by atoms with Crippen LogP contribution in [0.5, 0.6) is 0 Å². The van der Waals surface area contributed by atoms with E-state index in [9.17, 15) is 5.26 Å². The van der Waals surface area contributed by atoms with Gasteiger partial charge in [-0.3, -0.25) is 4.90 Å². The summed E-state index contributed by atoms with van der Waals surface area (Å²) < 4.78 is 0. The van der Waals surface area contributed by atoms with Gasteiger partial charge in [0, 0.05) is 32.2 Å². The van der Waals surface area contributed by atoms with Gasteiger partial charge in [0.1, 0.15) is 6.07 Å². The Hall–Kier alpha value is -1.53. The van der Waals surface area contributed by atoms with E-state index in [1.165, 1.54) is 25.7 Å². The molecule has 2 fully saturated rings. The van der Waals surface area contributed by atoms with E-state index < -0.39 is 0 Å². The Morgan fingerprint density at radius 3 is 2.37 bits per heavy atom. The maximum atomic E-state index is 9.19. The third kappa shape index (κ3) is 2.59. The Labute approximate surface area is 115 Å². The number of nitrogens with zero attached hydrogens (tertiary/aromatic N) is 3. The van der Waals surface area contributed by atoms with Crippen molar-refractivity contribution in [3.63, 3.8) is 0 Å². The molecule has 3 heteroatoms. The molecule has 2 aliphatic rings. The largest absolute Gasteiger partial charge is 0.368 e. The predicted octanol–water partition coefficient (Wildman–Crippen LogP) is 2.62. The Balaban J connectivity index is 1.65. The molecule has 1 heterocycles. The van der Waals surface area contributed by atoms with Gasteiger partial charge in [-0.05, 0) is 25.0 Å². The highest BCUT2D eigenvalue weighted by Crippen LogP contribution is 2.26. The number of para-hydroxylation sites is 1.